The normalized spacial score (nSPS) is 22.8. The Hall–Kier alpha value is -0.884. The van der Waals surface area contributed by atoms with Crippen molar-refractivity contribution in [3.05, 3.63) is 11.1 Å². The van der Waals surface area contributed by atoms with E-state index in [1.165, 1.54) is 212 Å². The number of carbonyl (C=O) groups is 3. The van der Waals surface area contributed by atoms with Crippen molar-refractivity contribution < 1.29 is 24.6 Å². The molecule has 0 spiro atoms. The fraction of sp³-hybridized carbons (Fsp3) is 0.909. The number of carboxylic acids is 2. The Bertz CT molecular complexity index is 1120. The minimum atomic E-state index is -0.903. The summed E-state index contributed by atoms with van der Waals surface area (Å²) in [5.41, 5.74) is 4.73. The Labute approximate surface area is 394 Å². The molecule has 0 aromatic heterocycles. The van der Waals surface area contributed by atoms with E-state index in [1.54, 1.807) is 0 Å². The quantitative estimate of drug-likeness (QED) is 0.0381. The number of rotatable bonds is 32. The molecule has 0 N–H and O–H groups in total. The van der Waals surface area contributed by atoms with E-state index in [0.717, 1.165) is 50.9 Å². The SMILES string of the molecule is CCCCCCCCCCCCCCCCCC(=O)[O-].CCCCCCCCCCCCCCCCCC(=O)[O-].C[C@@]12CCCC1=C1CCC3CC(=O)CC[C@]3(C)[C@@H]1CC2.[Mg+2]. The van der Waals surface area contributed by atoms with Gasteiger partial charge in [-0.3, -0.25) is 4.79 Å². The monoisotopic (exact) mass is 863 g/mol. The molecule has 1 unspecified atom stereocenters. The van der Waals surface area contributed by atoms with Crippen molar-refractivity contribution in [2.75, 3.05) is 0 Å². The van der Waals surface area contributed by atoms with Crippen LogP contribution in [0.1, 0.15) is 297 Å². The molecule has 0 saturated heterocycles. The summed E-state index contributed by atoms with van der Waals surface area (Å²) in [4.78, 5) is 32.3. The van der Waals surface area contributed by atoms with E-state index in [2.05, 4.69) is 27.7 Å². The third-order valence-electron chi connectivity index (χ3n) is 15.6. The predicted molar refractivity (Wildman–Crippen MR) is 256 cm³/mol. The average Bonchev–Trinajstić information content (AvgIpc) is 3.63. The molecule has 6 heteroatoms. The maximum absolute atomic E-state index is 11.8. The van der Waals surface area contributed by atoms with Gasteiger partial charge in [-0.25, -0.2) is 0 Å². The zero-order valence-electron chi connectivity index (χ0n) is 41.1. The van der Waals surface area contributed by atoms with Gasteiger partial charge in [-0.2, -0.15) is 0 Å². The molecule has 0 bridgehead atoms. The first-order valence-electron chi connectivity index (χ1n) is 26.7. The Kier molecular flexibility index (Phi) is 34.6. The molecule has 0 amide bonds. The van der Waals surface area contributed by atoms with Gasteiger partial charge >= 0.3 is 23.1 Å². The molecule has 4 atom stereocenters. The Morgan fingerprint density at radius 3 is 1.26 bits per heavy atom. The van der Waals surface area contributed by atoms with Gasteiger partial charge in [0.25, 0.3) is 0 Å². The molecule has 4 rings (SSSR count). The number of hydrogen-bond acceptors (Lipinski definition) is 5. The molecule has 0 radical (unpaired) electrons. The molecule has 0 aliphatic heterocycles. The zero-order chi connectivity index (χ0) is 43.7. The summed E-state index contributed by atoms with van der Waals surface area (Å²) in [6.45, 7) is 9.58. The number of carboxylic acid groups (broad SMARTS) is 2. The summed E-state index contributed by atoms with van der Waals surface area (Å²) in [7, 11) is 0. The third kappa shape index (κ3) is 25.4. The number of carbonyl (C=O) groups excluding carboxylic acids is 3. The van der Waals surface area contributed by atoms with Crippen LogP contribution in [0.5, 0.6) is 0 Å². The van der Waals surface area contributed by atoms with Gasteiger partial charge in [0, 0.05) is 24.8 Å². The van der Waals surface area contributed by atoms with E-state index in [-0.39, 0.29) is 35.9 Å². The van der Waals surface area contributed by atoms with Crippen LogP contribution in [0.3, 0.4) is 0 Å². The summed E-state index contributed by atoms with van der Waals surface area (Å²) in [5, 5.41) is 20.4. The summed E-state index contributed by atoms with van der Waals surface area (Å²) < 4.78 is 0. The smallest absolute Gasteiger partial charge is 0.550 e. The van der Waals surface area contributed by atoms with Crippen LogP contribution in [-0.2, 0) is 14.4 Å². The van der Waals surface area contributed by atoms with Gasteiger partial charge in [-0.05, 0) is 99.7 Å². The van der Waals surface area contributed by atoms with Crippen LogP contribution < -0.4 is 10.2 Å². The molecule has 4 aliphatic rings. The number of Topliss-reactive ketones (excluding diaryl/α,β-unsaturated/α-hetero) is 1. The predicted octanol–water partition coefficient (Wildman–Crippen LogP) is 14.7. The van der Waals surface area contributed by atoms with Crippen molar-refractivity contribution in [1.82, 2.24) is 0 Å². The average molecular weight is 864 g/mol. The van der Waals surface area contributed by atoms with Crippen LogP contribution >= 0.6 is 0 Å². The van der Waals surface area contributed by atoms with E-state index < -0.39 is 11.9 Å². The molecular weight excluding hydrogens is 765 g/mol. The number of allylic oxidation sites excluding steroid dienone is 2. The largest absolute Gasteiger partial charge is 2.00 e. The van der Waals surface area contributed by atoms with Crippen LogP contribution in [0.4, 0.5) is 0 Å². The first-order chi connectivity index (χ1) is 29.1. The second-order valence-electron chi connectivity index (χ2n) is 20.6. The third-order valence-corrected chi connectivity index (χ3v) is 15.6. The number of unbranched alkanes of at least 4 members (excludes halogenated alkanes) is 28. The molecule has 61 heavy (non-hydrogen) atoms. The summed E-state index contributed by atoms with van der Waals surface area (Å²) in [6, 6.07) is 0. The molecule has 4 aliphatic carbocycles. The molecular formula is C55H98MgO5. The van der Waals surface area contributed by atoms with Gasteiger partial charge in [-0.1, -0.05) is 219 Å². The van der Waals surface area contributed by atoms with Gasteiger partial charge in [-0.15, -0.1) is 0 Å². The fourth-order valence-electron chi connectivity index (χ4n) is 11.6. The fourth-order valence-corrected chi connectivity index (χ4v) is 11.6. The second-order valence-corrected chi connectivity index (χ2v) is 20.6. The van der Waals surface area contributed by atoms with Crippen LogP contribution in [0.25, 0.3) is 0 Å². The van der Waals surface area contributed by atoms with E-state index in [4.69, 9.17) is 0 Å². The van der Waals surface area contributed by atoms with E-state index >= 15 is 0 Å². The van der Waals surface area contributed by atoms with E-state index in [9.17, 15) is 24.6 Å². The number of aliphatic carboxylic acids is 2. The molecule has 3 saturated carbocycles. The van der Waals surface area contributed by atoms with Crippen molar-refractivity contribution >= 4 is 40.8 Å². The Morgan fingerprint density at radius 1 is 0.508 bits per heavy atom. The van der Waals surface area contributed by atoms with Crippen molar-refractivity contribution in [3.63, 3.8) is 0 Å². The summed E-state index contributed by atoms with van der Waals surface area (Å²) in [6.07, 6.45) is 52.2. The Morgan fingerprint density at radius 2 is 0.885 bits per heavy atom. The number of hydrogen-bond donors (Lipinski definition) is 0. The Balaban J connectivity index is 0.000000454. The standard InChI is InChI=1S/C19H28O.2C18H36O2.Mg/c1-18-9-3-4-16(18)15-6-5-13-12-14(20)7-11-19(13,2)17(15)8-10-18;2*1-2-3-4-5-6-7-8-9-10-11-12-13-14-15-16-17-18(19)20;/h13,17H,3-12H2,1-2H3;2*2-17H2,1H3,(H,19,20);/q;;;+2/p-2/t13?,17-,18+,19+;;;/m1.../s1. The van der Waals surface area contributed by atoms with Gasteiger partial charge in [0.05, 0.1) is 0 Å². The van der Waals surface area contributed by atoms with Crippen LogP contribution in [0.2, 0.25) is 0 Å². The summed E-state index contributed by atoms with van der Waals surface area (Å²) in [5.74, 6) is 0.226. The van der Waals surface area contributed by atoms with Crippen molar-refractivity contribution in [2.24, 2.45) is 22.7 Å². The number of ketones is 1. The number of fused-ring (bicyclic) bond motifs is 4. The maximum atomic E-state index is 11.8. The molecule has 0 heterocycles. The topological polar surface area (TPSA) is 97.3 Å². The minimum Gasteiger partial charge on any atom is -0.550 e. The minimum absolute atomic E-state index is 0. The first kappa shape index (κ1) is 58.1. The van der Waals surface area contributed by atoms with Crippen molar-refractivity contribution in [2.45, 2.75) is 297 Å². The summed E-state index contributed by atoms with van der Waals surface area (Å²) >= 11 is 0. The first-order valence-corrected chi connectivity index (χ1v) is 26.7. The van der Waals surface area contributed by atoms with Crippen molar-refractivity contribution in [1.29, 1.82) is 0 Å². The molecule has 0 aromatic carbocycles. The zero-order valence-corrected chi connectivity index (χ0v) is 42.5. The molecule has 350 valence electrons. The molecule has 0 aromatic rings. The van der Waals surface area contributed by atoms with E-state index in [0.29, 0.717) is 22.5 Å². The van der Waals surface area contributed by atoms with Crippen LogP contribution in [-0.4, -0.2) is 40.8 Å². The van der Waals surface area contributed by atoms with Gasteiger partial charge in [0.2, 0.25) is 0 Å². The maximum Gasteiger partial charge on any atom is 2.00 e. The molecule has 5 nitrogen and oxygen atoms in total. The van der Waals surface area contributed by atoms with Crippen molar-refractivity contribution in [3.8, 4) is 0 Å². The van der Waals surface area contributed by atoms with Gasteiger partial charge in [0.15, 0.2) is 0 Å². The van der Waals surface area contributed by atoms with Crippen LogP contribution in [0.15, 0.2) is 11.1 Å². The van der Waals surface area contributed by atoms with Crippen LogP contribution in [0, 0.1) is 22.7 Å². The molecule has 3 fully saturated rings. The van der Waals surface area contributed by atoms with Gasteiger partial charge < -0.3 is 19.8 Å². The van der Waals surface area contributed by atoms with Gasteiger partial charge in [0.1, 0.15) is 5.78 Å². The van der Waals surface area contributed by atoms with E-state index in [1.807, 2.05) is 11.1 Å². The second kappa shape index (κ2) is 36.3.